The van der Waals surface area contributed by atoms with Crippen LogP contribution in [0.5, 0.6) is 0 Å². The molecule has 1 aromatic heterocycles. The van der Waals surface area contributed by atoms with Gasteiger partial charge in [0.25, 0.3) is 5.91 Å². The lowest BCUT2D eigenvalue weighted by Gasteiger charge is -2.26. The third-order valence-corrected chi connectivity index (χ3v) is 7.52. The lowest BCUT2D eigenvalue weighted by Crippen LogP contribution is -2.39. The smallest absolute Gasteiger partial charge is 0.251 e. The van der Waals surface area contributed by atoms with Gasteiger partial charge in [0.15, 0.2) is 9.84 Å². The van der Waals surface area contributed by atoms with E-state index in [4.69, 9.17) is 0 Å². The van der Waals surface area contributed by atoms with Crippen molar-refractivity contribution in [3.8, 4) is 0 Å². The Balaban J connectivity index is 1.64. The maximum absolute atomic E-state index is 12.7. The maximum atomic E-state index is 12.7. The molecule has 0 radical (unpaired) electrons. The van der Waals surface area contributed by atoms with Crippen molar-refractivity contribution < 1.29 is 13.2 Å². The molecule has 1 aromatic carbocycles. The van der Waals surface area contributed by atoms with Crippen LogP contribution in [0.15, 0.2) is 30.3 Å². The Bertz CT molecular complexity index is 920. The Hall–Kier alpha value is -1.70. The minimum absolute atomic E-state index is 0.0431. The third-order valence-electron chi connectivity index (χ3n) is 4.93. The zero-order chi connectivity index (χ0) is 19.6. The summed E-state index contributed by atoms with van der Waals surface area (Å²) in [6.45, 7) is 7.92. The number of amides is 1. The summed E-state index contributed by atoms with van der Waals surface area (Å²) in [5.74, 6) is 0.336. The highest BCUT2D eigenvalue weighted by molar-refractivity contribution is 7.91. The molecule has 2 heterocycles. The lowest BCUT2D eigenvalue weighted by atomic mass is 10.1. The first-order chi connectivity index (χ1) is 12.7. The third kappa shape index (κ3) is 5.18. The normalized spacial score (nSPS) is 18.2. The first-order valence-electron chi connectivity index (χ1n) is 9.13. The van der Waals surface area contributed by atoms with E-state index in [-0.39, 0.29) is 23.5 Å². The van der Waals surface area contributed by atoms with Crippen molar-refractivity contribution in [1.82, 2.24) is 10.2 Å². The average molecular weight is 407 g/mol. The fourth-order valence-corrected chi connectivity index (χ4v) is 5.71. The molecule has 0 aliphatic carbocycles. The van der Waals surface area contributed by atoms with E-state index in [2.05, 4.69) is 30.1 Å². The van der Waals surface area contributed by atoms with Gasteiger partial charge in [0.1, 0.15) is 0 Å². The number of carbonyl (C=O) groups is 1. The van der Waals surface area contributed by atoms with Crippen LogP contribution in [-0.4, -0.2) is 43.8 Å². The molecule has 1 aliphatic rings. The number of aryl methyl sites for hydroxylation is 2. The van der Waals surface area contributed by atoms with Gasteiger partial charge in [-0.05, 0) is 50.1 Å². The van der Waals surface area contributed by atoms with Crippen LogP contribution in [0.3, 0.4) is 0 Å². The number of nitrogens with one attached hydrogen (secondary N) is 1. The van der Waals surface area contributed by atoms with Gasteiger partial charge >= 0.3 is 0 Å². The highest BCUT2D eigenvalue weighted by Gasteiger charge is 2.22. The van der Waals surface area contributed by atoms with Crippen LogP contribution in [-0.2, 0) is 16.4 Å². The molecule has 1 aliphatic heterocycles. The molecule has 0 bridgehead atoms. The highest BCUT2D eigenvalue weighted by Crippen LogP contribution is 2.26. The van der Waals surface area contributed by atoms with Gasteiger partial charge in [-0.25, -0.2) is 8.42 Å². The van der Waals surface area contributed by atoms with Gasteiger partial charge in [0, 0.05) is 35.0 Å². The number of nitrogens with zero attached hydrogens (tertiary/aromatic N) is 1. The number of thiophene rings is 1. The molecule has 7 heteroatoms. The number of sulfone groups is 1. The molecule has 2 aromatic rings. The van der Waals surface area contributed by atoms with Crippen molar-refractivity contribution in [2.24, 2.45) is 0 Å². The monoisotopic (exact) mass is 406 g/mol. The summed E-state index contributed by atoms with van der Waals surface area (Å²) < 4.78 is 23.1. The summed E-state index contributed by atoms with van der Waals surface area (Å²) in [5.41, 5.74) is 2.82. The van der Waals surface area contributed by atoms with Crippen molar-refractivity contribution in [2.75, 3.05) is 24.6 Å². The minimum atomic E-state index is -2.88. The maximum Gasteiger partial charge on any atom is 0.251 e. The molecular formula is C20H26N2O3S2. The van der Waals surface area contributed by atoms with E-state index >= 15 is 0 Å². The highest BCUT2D eigenvalue weighted by atomic mass is 32.2. The summed E-state index contributed by atoms with van der Waals surface area (Å²) in [7, 11) is -2.88. The Kier molecular flexibility index (Phi) is 6.03. The SMILES string of the molecule is Cc1cc([C@H](C)NC(=O)c2cccc(CN3CCS(=O)(=O)CC3)c2)c(C)s1. The van der Waals surface area contributed by atoms with Crippen LogP contribution >= 0.6 is 11.3 Å². The molecule has 1 atom stereocenters. The second-order valence-corrected chi connectivity index (χ2v) is 11.0. The zero-order valence-electron chi connectivity index (χ0n) is 16.0. The molecule has 1 amide bonds. The molecule has 1 saturated heterocycles. The Morgan fingerprint density at radius 1 is 1.22 bits per heavy atom. The van der Waals surface area contributed by atoms with Crippen LogP contribution in [0.1, 0.15) is 44.2 Å². The second kappa shape index (κ2) is 8.12. The van der Waals surface area contributed by atoms with Crippen molar-refractivity contribution in [1.29, 1.82) is 0 Å². The van der Waals surface area contributed by atoms with Gasteiger partial charge in [-0.2, -0.15) is 0 Å². The van der Waals surface area contributed by atoms with Crippen molar-refractivity contribution in [2.45, 2.75) is 33.4 Å². The van der Waals surface area contributed by atoms with Crippen LogP contribution in [0.4, 0.5) is 0 Å². The van der Waals surface area contributed by atoms with Crippen molar-refractivity contribution in [3.63, 3.8) is 0 Å². The number of hydrogen-bond acceptors (Lipinski definition) is 5. The van der Waals surface area contributed by atoms with Crippen molar-refractivity contribution in [3.05, 3.63) is 56.8 Å². The fourth-order valence-electron chi connectivity index (χ4n) is 3.42. The predicted molar refractivity (Wildman–Crippen MR) is 110 cm³/mol. The van der Waals surface area contributed by atoms with Gasteiger partial charge in [0.05, 0.1) is 17.5 Å². The van der Waals surface area contributed by atoms with Crippen LogP contribution in [0.2, 0.25) is 0 Å². The molecule has 0 spiro atoms. The lowest BCUT2D eigenvalue weighted by molar-refractivity contribution is 0.0939. The predicted octanol–water partition coefficient (Wildman–Crippen LogP) is 3.09. The topological polar surface area (TPSA) is 66.5 Å². The van der Waals surface area contributed by atoms with E-state index in [1.165, 1.54) is 9.75 Å². The number of hydrogen-bond donors (Lipinski definition) is 1. The van der Waals surface area contributed by atoms with Crippen molar-refractivity contribution >= 4 is 27.1 Å². The first-order valence-corrected chi connectivity index (χ1v) is 11.8. The summed E-state index contributed by atoms with van der Waals surface area (Å²) >= 11 is 1.74. The number of rotatable bonds is 5. The van der Waals surface area contributed by atoms with E-state index in [0.29, 0.717) is 25.2 Å². The molecule has 146 valence electrons. The molecule has 1 N–H and O–H groups in total. The molecule has 3 rings (SSSR count). The quantitative estimate of drug-likeness (QED) is 0.829. The molecule has 0 unspecified atom stereocenters. The van der Waals surface area contributed by atoms with Gasteiger partial charge in [-0.15, -0.1) is 11.3 Å². The van der Waals surface area contributed by atoms with Gasteiger partial charge < -0.3 is 5.32 Å². The summed E-state index contributed by atoms with van der Waals surface area (Å²) in [6.07, 6.45) is 0. The molecular weight excluding hydrogens is 380 g/mol. The summed E-state index contributed by atoms with van der Waals surface area (Å²) in [5, 5.41) is 3.08. The summed E-state index contributed by atoms with van der Waals surface area (Å²) in [6, 6.07) is 9.67. The van der Waals surface area contributed by atoms with Gasteiger partial charge in [-0.1, -0.05) is 12.1 Å². The largest absolute Gasteiger partial charge is 0.345 e. The van der Waals surface area contributed by atoms with E-state index in [1.54, 1.807) is 11.3 Å². The van der Waals surface area contributed by atoms with Gasteiger partial charge in [0.2, 0.25) is 0 Å². The van der Waals surface area contributed by atoms with Crippen LogP contribution < -0.4 is 5.32 Å². The Labute approximate surface area is 165 Å². The summed E-state index contributed by atoms with van der Waals surface area (Å²) in [4.78, 5) is 17.3. The second-order valence-electron chi connectivity index (χ2n) is 7.19. The molecule has 1 fully saturated rings. The Morgan fingerprint density at radius 2 is 1.93 bits per heavy atom. The zero-order valence-corrected chi connectivity index (χ0v) is 17.6. The molecule has 0 saturated carbocycles. The standard InChI is InChI=1S/C20H26N2O3S2/c1-14-11-19(16(3)26-14)15(2)21-20(23)18-6-4-5-17(12-18)13-22-7-9-27(24,25)10-8-22/h4-6,11-12,15H,7-10,13H2,1-3H3,(H,21,23)/t15-/m0/s1. The van der Waals surface area contributed by atoms with E-state index in [9.17, 15) is 13.2 Å². The van der Waals surface area contributed by atoms with E-state index in [1.807, 2.05) is 31.2 Å². The Morgan fingerprint density at radius 3 is 2.56 bits per heavy atom. The minimum Gasteiger partial charge on any atom is -0.345 e. The first kappa shape index (κ1) is 20.0. The molecule has 27 heavy (non-hydrogen) atoms. The number of benzene rings is 1. The van der Waals surface area contributed by atoms with Crippen LogP contribution in [0.25, 0.3) is 0 Å². The van der Waals surface area contributed by atoms with Crippen LogP contribution in [0, 0.1) is 13.8 Å². The average Bonchev–Trinajstić information content (AvgIpc) is 2.95. The van der Waals surface area contributed by atoms with E-state index < -0.39 is 9.84 Å². The van der Waals surface area contributed by atoms with E-state index in [0.717, 1.165) is 11.1 Å². The van der Waals surface area contributed by atoms with Gasteiger partial charge in [-0.3, -0.25) is 9.69 Å². The fraction of sp³-hybridized carbons (Fsp3) is 0.450. The molecule has 5 nitrogen and oxygen atoms in total. The number of carbonyl (C=O) groups excluding carboxylic acids is 1.